The smallest absolute Gasteiger partial charge is 0.256 e. The number of rotatable bonds is 5. The van der Waals surface area contributed by atoms with E-state index in [0.717, 1.165) is 35.7 Å². The maximum Gasteiger partial charge on any atom is 0.256 e. The zero-order chi connectivity index (χ0) is 19.8. The molecule has 6 heteroatoms. The molecular weight excluding hydrogens is 424 g/mol. The molecule has 3 N–H and O–H groups in total. The van der Waals surface area contributed by atoms with E-state index in [1.54, 1.807) is 12.1 Å². The molecule has 1 aromatic heterocycles. The SMILES string of the molecule is CCC(C)(C)C1CCc2c(sc(NC(=O)c3cccc(Br)c3)c2C(N)=O)C1. The van der Waals surface area contributed by atoms with Crippen LogP contribution in [0.15, 0.2) is 28.7 Å². The maximum atomic E-state index is 12.6. The van der Waals surface area contributed by atoms with Crippen LogP contribution in [0.2, 0.25) is 0 Å². The number of benzene rings is 1. The number of carbonyl (C=O) groups is 2. The number of halogens is 1. The number of thiophene rings is 1. The third kappa shape index (κ3) is 4.11. The first-order valence-electron chi connectivity index (χ1n) is 9.24. The van der Waals surface area contributed by atoms with Gasteiger partial charge in [-0.3, -0.25) is 9.59 Å². The molecule has 0 spiro atoms. The van der Waals surface area contributed by atoms with Crippen molar-refractivity contribution in [1.29, 1.82) is 0 Å². The van der Waals surface area contributed by atoms with Gasteiger partial charge < -0.3 is 11.1 Å². The summed E-state index contributed by atoms with van der Waals surface area (Å²) in [7, 11) is 0. The summed E-state index contributed by atoms with van der Waals surface area (Å²) in [6.07, 6.45) is 3.94. The number of hydrogen-bond acceptors (Lipinski definition) is 3. The highest BCUT2D eigenvalue weighted by atomic mass is 79.9. The van der Waals surface area contributed by atoms with E-state index in [1.807, 2.05) is 12.1 Å². The Hall–Kier alpha value is -1.66. The molecule has 2 aromatic rings. The number of amides is 2. The lowest BCUT2D eigenvalue weighted by molar-refractivity contribution is 0.0999. The highest BCUT2D eigenvalue weighted by Crippen LogP contribution is 2.45. The van der Waals surface area contributed by atoms with E-state index in [-0.39, 0.29) is 11.3 Å². The minimum Gasteiger partial charge on any atom is -0.365 e. The summed E-state index contributed by atoms with van der Waals surface area (Å²) in [5.74, 6) is -0.129. The fraction of sp³-hybridized carbons (Fsp3) is 0.429. The molecule has 27 heavy (non-hydrogen) atoms. The summed E-state index contributed by atoms with van der Waals surface area (Å²) in [5.41, 5.74) is 7.99. The Labute approximate surface area is 172 Å². The van der Waals surface area contributed by atoms with Gasteiger partial charge in [-0.05, 0) is 54.4 Å². The molecular formula is C21H25BrN2O2S. The summed E-state index contributed by atoms with van der Waals surface area (Å²) in [5, 5.41) is 3.49. The normalized spacial score (nSPS) is 16.7. The number of anilines is 1. The van der Waals surface area contributed by atoms with Crippen LogP contribution in [-0.4, -0.2) is 11.8 Å². The first-order chi connectivity index (χ1) is 12.7. The molecule has 1 aliphatic rings. The summed E-state index contributed by atoms with van der Waals surface area (Å²) in [6, 6.07) is 7.18. The molecule has 0 bridgehead atoms. The largest absolute Gasteiger partial charge is 0.365 e. The number of nitrogens with one attached hydrogen (secondary N) is 1. The molecule has 0 aliphatic heterocycles. The molecule has 0 fully saturated rings. The Kier molecular flexibility index (Phi) is 5.77. The lowest BCUT2D eigenvalue weighted by atomic mass is 9.69. The van der Waals surface area contributed by atoms with Gasteiger partial charge in [-0.1, -0.05) is 49.2 Å². The van der Waals surface area contributed by atoms with E-state index >= 15 is 0 Å². The summed E-state index contributed by atoms with van der Waals surface area (Å²) >= 11 is 4.88. The number of nitrogens with two attached hydrogens (primary N) is 1. The van der Waals surface area contributed by atoms with Crippen molar-refractivity contribution in [1.82, 2.24) is 0 Å². The van der Waals surface area contributed by atoms with E-state index in [2.05, 4.69) is 42.0 Å². The fourth-order valence-corrected chi connectivity index (χ4v) is 5.42. The van der Waals surface area contributed by atoms with Gasteiger partial charge in [0.2, 0.25) is 0 Å². The monoisotopic (exact) mass is 448 g/mol. The van der Waals surface area contributed by atoms with Crippen molar-refractivity contribution in [3.8, 4) is 0 Å². The molecule has 144 valence electrons. The molecule has 2 amide bonds. The van der Waals surface area contributed by atoms with Crippen LogP contribution in [0.1, 0.15) is 64.8 Å². The zero-order valence-electron chi connectivity index (χ0n) is 15.9. The van der Waals surface area contributed by atoms with E-state index in [4.69, 9.17) is 5.73 Å². The second kappa shape index (κ2) is 7.76. The molecule has 4 nitrogen and oxygen atoms in total. The second-order valence-corrected chi connectivity index (χ2v) is 9.84. The summed E-state index contributed by atoms with van der Waals surface area (Å²) < 4.78 is 0.834. The first kappa shape index (κ1) is 20.1. The van der Waals surface area contributed by atoms with Gasteiger partial charge in [-0.2, -0.15) is 0 Å². The van der Waals surface area contributed by atoms with Crippen molar-refractivity contribution in [2.45, 2.75) is 46.5 Å². The van der Waals surface area contributed by atoms with Crippen molar-refractivity contribution >= 4 is 44.1 Å². The average Bonchev–Trinajstić information content (AvgIpc) is 2.98. The van der Waals surface area contributed by atoms with Crippen molar-refractivity contribution in [2.75, 3.05) is 5.32 Å². The third-order valence-corrected chi connectivity index (χ3v) is 7.50. The fourth-order valence-electron chi connectivity index (χ4n) is 3.70. The van der Waals surface area contributed by atoms with Gasteiger partial charge in [-0.25, -0.2) is 0 Å². The molecule has 1 aromatic carbocycles. The Morgan fingerprint density at radius 1 is 1.37 bits per heavy atom. The highest BCUT2D eigenvalue weighted by molar-refractivity contribution is 9.10. The number of fused-ring (bicyclic) bond motifs is 1. The highest BCUT2D eigenvalue weighted by Gasteiger charge is 2.35. The van der Waals surface area contributed by atoms with Crippen LogP contribution in [0.3, 0.4) is 0 Å². The van der Waals surface area contributed by atoms with Crippen LogP contribution in [-0.2, 0) is 12.8 Å². The molecule has 0 radical (unpaired) electrons. The Morgan fingerprint density at radius 3 is 2.74 bits per heavy atom. The minimum absolute atomic E-state index is 0.233. The van der Waals surface area contributed by atoms with Gasteiger partial charge in [0.15, 0.2) is 0 Å². The Morgan fingerprint density at radius 2 is 2.11 bits per heavy atom. The zero-order valence-corrected chi connectivity index (χ0v) is 18.3. The lowest BCUT2D eigenvalue weighted by Gasteiger charge is -2.36. The summed E-state index contributed by atoms with van der Waals surface area (Å²) in [4.78, 5) is 26.0. The number of hydrogen-bond donors (Lipinski definition) is 2. The molecule has 3 rings (SSSR count). The van der Waals surface area contributed by atoms with E-state index in [1.165, 1.54) is 16.2 Å². The van der Waals surface area contributed by atoms with Crippen LogP contribution in [0, 0.1) is 11.3 Å². The van der Waals surface area contributed by atoms with Crippen molar-refractivity contribution in [3.05, 3.63) is 50.3 Å². The van der Waals surface area contributed by atoms with Gasteiger partial charge in [0.1, 0.15) is 5.00 Å². The third-order valence-electron chi connectivity index (χ3n) is 5.84. The maximum absolute atomic E-state index is 12.6. The van der Waals surface area contributed by atoms with Gasteiger partial charge in [-0.15, -0.1) is 11.3 Å². The molecule has 0 saturated heterocycles. The van der Waals surface area contributed by atoms with Crippen LogP contribution >= 0.6 is 27.3 Å². The van der Waals surface area contributed by atoms with Gasteiger partial charge >= 0.3 is 0 Å². The number of carbonyl (C=O) groups excluding carboxylic acids is 2. The Bertz CT molecular complexity index is 888. The van der Waals surface area contributed by atoms with Crippen LogP contribution in [0.5, 0.6) is 0 Å². The molecule has 1 heterocycles. The predicted octanol–water partition coefficient (Wildman–Crippen LogP) is 5.40. The van der Waals surface area contributed by atoms with Gasteiger partial charge in [0, 0.05) is 14.9 Å². The molecule has 1 aliphatic carbocycles. The van der Waals surface area contributed by atoms with Crippen LogP contribution < -0.4 is 11.1 Å². The van der Waals surface area contributed by atoms with Gasteiger partial charge in [0.25, 0.3) is 11.8 Å². The van der Waals surface area contributed by atoms with Crippen molar-refractivity contribution in [3.63, 3.8) is 0 Å². The topological polar surface area (TPSA) is 72.2 Å². The molecule has 1 unspecified atom stereocenters. The standard InChI is InChI=1S/C21H25BrN2O2S/c1-4-21(2,3)13-8-9-15-16(11-13)27-20(17(15)18(23)25)24-19(26)12-6-5-7-14(22)10-12/h5-7,10,13H,4,8-9,11H2,1-3H3,(H2,23,25)(H,24,26). The van der Waals surface area contributed by atoms with Crippen LogP contribution in [0.25, 0.3) is 0 Å². The Balaban J connectivity index is 1.91. The minimum atomic E-state index is -0.467. The van der Waals surface area contributed by atoms with E-state index in [9.17, 15) is 9.59 Å². The second-order valence-electron chi connectivity index (χ2n) is 7.82. The number of primary amides is 1. The van der Waals surface area contributed by atoms with Crippen LogP contribution in [0.4, 0.5) is 5.00 Å². The predicted molar refractivity (Wildman–Crippen MR) is 115 cm³/mol. The van der Waals surface area contributed by atoms with E-state index in [0.29, 0.717) is 22.0 Å². The quantitative estimate of drug-likeness (QED) is 0.641. The van der Waals surface area contributed by atoms with Crippen molar-refractivity contribution in [2.24, 2.45) is 17.1 Å². The lowest BCUT2D eigenvalue weighted by Crippen LogP contribution is -2.29. The van der Waals surface area contributed by atoms with Crippen molar-refractivity contribution < 1.29 is 9.59 Å². The van der Waals surface area contributed by atoms with E-state index < -0.39 is 5.91 Å². The molecule has 0 saturated carbocycles. The first-order valence-corrected chi connectivity index (χ1v) is 10.8. The van der Waals surface area contributed by atoms with Gasteiger partial charge in [0.05, 0.1) is 5.56 Å². The summed E-state index contributed by atoms with van der Waals surface area (Å²) in [6.45, 7) is 6.84. The molecule has 1 atom stereocenters. The average molecular weight is 449 g/mol.